The van der Waals surface area contributed by atoms with Gasteiger partial charge in [-0.25, -0.2) is 0 Å². The molecule has 0 aliphatic heterocycles. The van der Waals surface area contributed by atoms with Crippen molar-refractivity contribution in [1.29, 1.82) is 0 Å². The molecular formula is C17H16IN3O2S. The van der Waals surface area contributed by atoms with Gasteiger partial charge in [0.25, 0.3) is 5.91 Å². The third-order valence-electron chi connectivity index (χ3n) is 3.14. The Morgan fingerprint density at radius 2 is 1.62 bits per heavy atom. The Morgan fingerprint density at radius 1 is 0.958 bits per heavy atom. The van der Waals surface area contributed by atoms with Crippen LogP contribution in [-0.2, 0) is 11.2 Å². The molecule has 0 atom stereocenters. The molecule has 2 amide bonds. The van der Waals surface area contributed by atoms with Crippen LogP contribution in [0.2, 0.25) is 0 Å². The highest BCUT2D eigenvalue weighted by atomic mass is 127. The van der Waals surface area contributed by atoms with Gasteiger partial charge in [-0.05, 0) is 58.9 Å². The van der Waals surface area contributed by atoms with Gasteiger partial charge in [0.1, 0.15) is 0 Å². The number of amides is 2. The van der Waals surface area contributed by atoms with E-state index in [-0.39, 0.29) is 16.9 Å². The molecule has 5 nitrogen and oxygen atoms in total. The molecule has 0 saturated carbocycles. The first-order valence-electron chi connectivity index (χ1n) is 7.25. The SMILES string of the molecule is O=C(CCc1ccccc1)NNC(=S)NC(=O)c1ccccc1I. The van der Waals surface area contributed by atoms with Crippen molar-refractivity contribution in [2.45, 2.75) is 12.8 Å². The Hall–Kier alpha value is -2.00. The number of halogens is 1. The van der Waals surface area contributed by atoms with Crippen molar-refractivity contribution in [3.63, 3.8) is 0 Å². The Bertz CT molecular complexity index is 738. The topological polar surface area (TPSA) is 70.2 Å². The second kappa shape index (κ2) is 9.33. The highest BCUT2D eigenvalue weighted by Crippen LogP contribution is 2.10. The molecule has 2 rings (SSSR count). The summed E-state index contributed by atoms with van der Waals surface area (Å²) in [7, 11) is 0. The fourth-order valence-electron chi connectivity index (χ4n) is 1.94. The van der Waals surface area contributed by atoms with Crippen molar-refractivity contribution < 1.29 is 9.59 Å². The Kier molecular flexibility index (Phi) is 7.13. The number of rotatable bonds is 4. The predicted molar refractivity (Wildman–Crippen MR) is 105 cm³/mol. The molecule has 124 valence electrons. The maximum absolute atomic E-state index is 12.1. The zero-order chi connectivity index (χ0) is 17.4. The van der Waals surface area contributed by atoms with E-state index in [1.54, 1.807) is 12.1 Å². The number of thiocarbonyl (C=S) groups is 1. The Balaban J connectivity index is 1.73. The van der Waals surface area contributed by atoms with Crippen molar-refractivity contribution in [3.05, 3.63) is 69.3 Å². The standard InChI is InChI=1S/C17H16IN3O2S/c18-14-9-5-4-8-13(14)16(23)19-17(24)21-20-15(22)11-10-12-6-2-1-3-7-12/h1-9H,10-11H2,(H,20,22)(H2,19,21,23,24). The molecule has 0 spiro atoms. The second-order valence-electron chi connectivity index (χ2n) is 4.92. The molecule has 7 heteroatoms. The fourth-order valence-corrected chi connectivity index (χ4v) is 2.71. The molecule has 0 aromatic heterocycles. The van der Waals surface area contributed by atoms with Gasteiger partial charge >= 0.3 is 0 Å². The third-order valence-corrected chi connectivity index (χ3v) is 4.29. The summed E-state index contributed by atoms with van der Waals surface area (Å²) in [6.07, 6.45) is 0.958. The van der Waals surface area contributed by atoms with E-state index in [1.807, 2.05) is 42.5 Å². The first-order chi connectivity index (χ1) is 11.6. The molecule has 0 bridgehead atoms. The maximum Gasteiger partial charge on any atom is 0.258 e. The second-order valence-corrected chi connectivity index (χ2v) is 6.49. The first-order valence-corrected chi connectivity index (χ1v) is 8.73. The van der Waals surface area contributed by atoms with Gasteiger partial charge in [0.05, 0.1) is 5.56 Å². The lowest BCUT2D eigenvalue weighted by Gasteiger charge is -2.11. The first kappa shape index (κ1) is 18.3. The van der Waals surface area contributed by atoms with E-state index in [4.69, 9.17) is 12.2 Å². The van der Waals surface area contributed by atoms with Crippen LogP contribution in [0.4, 0.5) is 0 Å². The molecule has 0 aliphatic carbocycles. The largest absolute Gasteiger partial charge is 0.298 e. The van der Waals surface area contributed by atoms with E-state index in [2.05, 4.69) is 38.8 Å². The highest BCUT2D eigenvalue weighted by Gasteiger charge is 2.11. The van der Waals surface area contributed by atoms with E-state index in [9.17, 15) is 9.59 Å². The number of nitrogens with one attached hydrogen (secondary N) is 3. The van der Waals surface area contributed by atoms with E-state index in [0.717, 1.165) is 9.13 Å². The Morgan fingerprint density at radius 3 is 2.33 bits per heavy atom. The van der Waals surface area contributed by atoms with Gasteiger partial charge in [-0.15, -0.1) is 0 Å². The summed E-state index contributed by atoms with van der Waals surface area (Å²) in [6, 6.07) is 16.9. The Labute approximate surface area is 159 Å². The number of carbonyl (C=O) groups is 2. The van der Waals surface area contributed by atoms with Crippen LogP contribution in [0.25, 0.3) is 0 Å². The van der Waals surface area contributed by atoms with Crippen molar-refractivity contribution in [2.24, 2.45) is 0 Å². The van der Waals surface area contributed by atoms with Gasteiger partial charge in [0, 0.05) is 9.99 Å². The van der Waals surface area contributed by atoms with Crippen LogP contribution in [-0.4, -0.2) is 16.9 Å². The molecule has 2 aromatic rings. The lowest BCUT2D eigenvalue weighted by atomic mass is 10.1. The van der Waals surface area contributed by atoms with E-state index >= 15 is 0 Å². The van der Waals surface area contributed by atoms with E-state index in [0.29, 0.717) is 18.4 Å². The molecule has 3 N–H and O–H groups in total. The molecule has 24 heavy (non-hydrogen) atoms. The van der Waals surface area contributed by atoms with Gasteiger partial charge in [-0.1, -0.05) is 42.5 Å². The summed E-state index contributed by atoms with van der Waals surface area (Å²) >= 11 is 7.09. The summed E-state index contributed by atoms with van der Waals surface area (Å²) in [5, 5.41) is 2.58. The van der Waals surface area contributed by atoms with Crippen molar-refractivity contribution >= 4 is 51.7 Å². The van der Waals surface area contributed by atoms with Crippen LogP contribution >= 0.6 is 34.8 Å². The molecule has 0 saturated heterocycles. The summed E-state index contributed by atoms with van der Waals surface area (Å²) in [5.41, 5.74) is 6.62. The average Bonchev–Trinajstić information content (AvgIpc) is 2.59. The molecule has 2 aromatic carbocycles. The number of benzene rings is 2. The highest BCUT2D eigenvalue weighted by molar-refractivity contribution is 14.1. The quantitative estimate of drug-likeness (QED) is 0.378. The van der Waals surface area contributed by atoms with Crippen LogP contribution in [0.3, 0.4) is 0 Å². The van der Waals surface area contributed by atoms with Gasteiger partial charge < -0.3 is 0 Å². The lowest BCUT2D eigenvalue weighted by Crippen LogP contribution is -2.48. The molecule has 0 aliphatic rings. The monoisotopic (exact) mass is 453 g/mol. The molecule has 0 radical (unpaired) electrons. The number of hydrogen-bond acceptors (Lipinski definition) is 3. The van der Waals surface area contributed by atoms with E-state index in [1.165, 1.54) is 0 Å². The zero-order valence-electron chi connectivity index (χ0n) is 12.7. The third kappa shape index (κ3) is 5.89. The normalized spacial score (nSPS) is 9.88. The van der Waals surface area contributed by atoms with Crippen LogP contribution < -0.4 is 16.2 Å². The lowest BCUT2D eigenvalue weighted by molar-refractivity contribution is -0.121. The number of carbonyl (C=O) groups excluding carboxylic acids is 2. The fraction of sp³-hybridized carbons (Fsp3) is 0.118. The number of hydrogen-bond donors (Lipinski definition) is 3. The maximum atomic E-state index is 12.1. The molecule has 0 unspecified atom stereocenters. The average molecular weight is 453 g/mol. The summed E-state index contributed by atoms with van der Waals surface area (Å²) in [5.74, 6) is -0.527. The zero-order valence-corrected chi connectivity index (χ0v) is 15.7. The van der Waals surface area contributed by atoms with E-state index < -0.39 is 0 Å². The smallest absolute Gasteiger partial charge is 0.258 e. The molecular weight excluding hydrogens is 437 g/mol. The minimum atomic E-state index is -0.323. The van der Waals surface area contributed by atoms with Crippen molar-refractivity contribution in [1.82, 2.24) is 16.2 Å². The van der Waals surface area contributed by atoms with Crippen LogP contribution in [0.5, 0.6) is 0 Å². The van der Waals surface area contributed by atoms with Crippen LogP contribution in [0.15, 0.2) is 54.6 Å². The number of aryl methyl sites for hydroxylation is 1. The summed E-state index contributed by atoms with van der Waals surface area (Å²) in [6.45, 7) is 0. The number of hydrazine groups is 1. The molecule has 0 heterocycles. The predicted octanol–water partition coefficient (Wildman–Crippen LogP) is 2.56. The van der Waals surface area contributed by atoms with Gasteiger partial charge in [0.15, 0.2) is 5.11 Å². The minimum absolute atomic E-state index is 0.0488. The minimum Gasteiger partial charge on any atom is -0.298 e. The van der Waals surface area contributed by atoms with Gasteiger partial charge in [-0.3, -0.25) is 25.8 Å². The van der Waals surface area contributed by atoms with Gasteiger partial charge in [0.2, 0.25) is 5.91 Å². The van der Waals surface area contributed by atoms with Gasteiger partial charge in [-0.2, -0.15) is 0 Å². The van der Waals surface area contributed by atoms with Crippen molar-refractivity contribution in [2.75, 3.05) is 0 Å². The van der Waals surface area contributed by atoms with Crippen LogP contribution in [0, 0.1) is 3.57 Å². The van der Waals surface area contributed by atoms with Crippen molar-refractivity contribution in [3.8, 4) is 0 Å². The van der Waals surface area contributed by atoms with Crippen LogP contribution in [0.1, 0.15) is 22.3 Å². The summed E-state index contributed by atoms with van der Waals surface area (Å²) in [4.78, 5) is 23.9. The summed E-state index contributed by atoms with van der Waals surface area (Å²) < 4.78 is 0.822. The molecule has 0 fully saturated rings.